The van der Waals surface area contributed by atoms with E-state index in [1.165, 1.54) is 0 Å². The molecule has 0 radical (unpaired) electrons. The van der Waals surface area contributed by atoms with E-state index in [9.17, 15) is 0 Å². The van der Waals surface area contributed by atoms with Crippen LogP contribution < -0.4 is 0 Å². The maximum absolute atomic E-state index is 8.70. The van der Waals surface area contributed by atoms with Gasteiger partial charge in [-0.3, -0.25) is 0 Å². The van der Waals surface area contributed by atoms with E-state index >= 15 is 0 Å². The van der Waals surface area contributed by atoms with Crippen LogP contribution in [0.5, 0.6) is 0 Å². The summed E-state index contributed by atoms with van der Waals surface area (Å²) in [5, 5.41) is 17.4. The van der Waals surface area contributed by atoms with E-state index in [4.69, 9.17) is 14.8 Å². The van der Waals surface area contributed by atoms with Crippen molar-refractivity contribution in [3.63, 3.8) is 0 Å². The highest BCUT2D eigenvalue weighted by Crippen LogP contribution is 2.14. The summed E-state index contributed by atoms with van der Waals surface area (Å²) in [5.74, 6) is -0.0214. The number of hydrogen-bond acceptors (Lipinski definition) is 3. The summed E-state index contributed by atoms with van der Waals surface area (Å²) in [7, 11) is 0.502. The largest absolute Gasteiger partial charge is 0.454 e. The van der Waals surface area contributed by atoms with Crippen molar-refractivity contribution in [3.8, 4) is 0 Å². The minimum atomic E-state index is -1.17. The molecule has 1 unspecified atom stereocenters. The monoisotopic (exact) mass is 160 g/mol. The SMILES string of the molecule is COCCCCC(C)B(O)O. The van der Waals surface area contributed by atoms with Crippen LogP contribution in [0.4, 0.5) is 0 Å². The average Bonchev–Trinajstić information content (AvgIpc) is 1.97. The molecular formula is C7H17BO3. The lowest BCUT2D eigenvalue weighted by molar-refractivity contribution is 0.191. The molecule has 4 heteroatoms. The van der Waals surface area contributed by atoms with Crippen LogP contribution in [0.3, 0.4) is 0 Å². The molecule has 0 saturated heterocycles. The van der Waals surface area contributed by atoms with Gasteiger partial charge in [0.25, 0.3) is 0 Å². The normalized spacial score (nSPS) is 13.1. The molecule has 2 N–H and O–H groups in total. The molecule has 11 heavy (non-hydrogen) atoms. The van der Waals surface area contributed by atoms with Gasteiger partial charge in [-0.1, -0.05) is 19.8 Å². The fourth-order valence-corrected chi connectivity index (χ4v) is 0.862. The van der Waals surface area contributed by atoms with Gasteiger partial charge in [-0.15, -0.1) is 0 Å². The molecule has 0 fully saturated rings. The summed E-state index contributed by atoms with van der Waals surface area (Å²) >= 11 is 0. The van der Waals surface area contributed by atoms with Gasteiger partial charge in [0.2, 0.25) is 0 Å². The predicted molar refractivity (Wildman–Crippen MR) is 45.3 cm³/mol. The molecule has 0 heterocycles. The maximum Gasteiger partial charge on any atom is 0.454 e. The Morgan fingerprint density at radius 2 is 2.00 bits per heavy atom. The van der Waals surface area contributed by atoms with E-state index < -0.39 is 7.12 Å². The fraction of sp³-hybridized carbons (Fsp3) is 1.00. The van der Waals surface area contributed by atoms with Crippen molar-refractivity contribution in [1.29, 1.82) is 0 Å². The van der Waals surface area contributed by atoms with Crippen molar-refractivity contribution in [3.05, 3.63) is 0 Å². The number of hydrogen-bond donors (Lipinski definition) is 2. The lowest BCUT2D eigenvalue weighted by Gasteiger charge is -2.08. The zero-order valence-corrected chi connectivity index (χ0v) is 7.29. The van der Waals surface area contributed by atoms with E-state index in [0.29, 0.717) is 0 Å². The van der Waals surface area contributed by atoms with Crippen LogP contribution in [0.1, 0.15) is 26.2 Å². The molecule has 0 aliphatic rings. The van der Waals surface area contributed by atoms with Gasteiger partial charge in [-0.2, -0.15) is 0 Å². The first-order valence-electron chi connectivity index (χ1n) is 4.03. The summed E-state index contributed by atoms with van der Waals surface area (Å²) < 4.78 is 4.86. The van der Waals surface area contributed by atoms with Crippen molar-refractivity contribution in [2.75, 3.05) is 13.7 Å². The molecule has 0 aromatic rings. The average molecular weight is 160 g/mol. The van der Waals surface area contributed by atoms with Crippen LogP contribution >= 0.6 is 0 Å². The zero-order chi connectivity index (χ0) is 8.69. The molecule has 3 nitrogen and oxygen atoms in total. The summed E-state index contributed by atoms with van der Waals surface area (Å²) in [5.41, 5.74) is 0. The topological polar surface area (TPSA) is 49.7 Å². The second kappa shape index (κ2) is 6.64. The second-order valence-corrected chi connectivity index (χ2v) is 2.88. The summed E-state index contributed by atoms with van der Waals surface area (Å²) in [4.78, 5) is 0. The number of ether oxygens (including phenoxy) is 1. The van der Waals surface area contributed by atoms with E-state index in [-0.39, 0.29) is 5.82 Å². The van der Waals surface area contributed by atoms with Gasteiger partial charge in [-0.05, 0) is 12.2 Å². The zero-order valence-electron chi connectivity index (χ0n) is 7.29. The van der Waals surface area contributed by atoms with Crippen LogP contribution in [-0.2, 0) is 4.74 Å². The minimum absolute atomic E-state index is 0.0214. The molecule has 0 rings (SSSR count). The molecule has 0 aromatic carbocycles. The van der Waals surface area contributed by atoms with Crippen molar-refractivity contribution < 1.29 is 14.8 Å². The van der Waals surface area contributed by atoms with Gasteiger partial charge >= 0.3 is 7.12 Å². The highest BCUT2D eigenvalue weighted by molar-refractivity contribution is 6.42. The number of unbranched alkanes of at least 4 members (excludes halogenated alkanes) is 1. The Hall–Kier alpha value is -0.0551. The standard InChI is InChI=1S/C7H17BO3/c1-7(8(9)10)5-3-4-6-11-2/h7,9-10H,3-6H2,1-2H3. The van der Waals surface area contributed by atoms with Crippen molar-refractivity contribution >= 4 is 7.12 Å². The highest BCUT2D eigenvalue weighted by atomic mass is 16.5. The molecule has 0 aromatic heterocycles. The molecule has 0 spiro atoms. The van der Waals surface area contributed by atoms with Gasteiger partial charge in [0, 0.05) is 13.7 Å². The lowest BCUT2D eigenvalue weighted by atomic mass is 9.71. The van der Waals surface area contributed by atoms with Crippen LogP contribution in [0.15, 0.2) is 0 Å². The third-order valence-electron chi connectivity index (χ3n) is 1.77. The molecule has 0 amide bonds. The first-order valence-corrected chi connectivity index (χ1v) is 4.03. The second-order valence-electron chi connectivity index (χ2n) is 2.88. The van der Waals surface area contributed by atoms with E-state index in [2.05, 4.69) is 0 Å². The van der Waals surface area contributed by atoms with Gasteiger partial charge in [0.15, 0.2) is 0 Å². The van der Waals surface area contributed by atoms with E-state index in [1.807, 2.05) is 6.92 Å². The molecule has 0 aliphatic carbocycles. The molecule has 66 valence electrons. The Bertz CT molecular complexity index is 87.8. The Morgan fingerprint density at radius 3 is 2.45 bits per heavy atom. The Labute approximate surface area is 68.5 Å². The van der Waals surface area contributed by atoms with E-state index in [1.54, 1.807) is 7.11 Å². The third kappa shape index (κ3) is 6.35. The Morgan fingerprint density at radius 1 is 1.36 bits per heavy atom. The van der Waals surface area contributed by atoms with Gasteiger partial charge in [0.05, 0.1) is 0 Å². The lowest BCUT2D eigenvalue weighted by Crippen LogP contribution is -2.17. The quantitative estimate of drug-likeness (QED) is 0.443. The smallest absolute Gasteiger partial charge is 0.427 e. The maximum atomic E-state index is 8.70. The van der Waals surface area contributed by atoms with Crippen molar-refractivity contribution in [2.45, 2.75) is 32.0 Å². The van der Waals surface area contributed by atoms with Gasteiger partial charge in [0.1, 0.15) is 0 Å². The molecule has 1 atom stereocenters. The minimum Gasteiger partial charge on any atom is -0.427 e. The van der Waals surface area contributed by atoms with Crippen molar-refractivity contribution in [1.82, 2.24) is 0 Å². The third-order valence-corrected chi connectivity index (χ3v) is 1.77. The molecule has 0 bridgehead atoms. The van der Waals surface area contributed by atoms with Crippen molar-refractivity contribution in [2.24, 2.45) is 0 Å². The Kier molecular flexibility index (Phi) is 6.61. The van der Waals surface area contributed by atoms with Crippen LogP contribution in [0, 0.1) is 0 Å². The van der Waals surface area contributed by atoms with E-state index in [0.717, 1.165) is 25.9 Å². The summed E-state index contributed by atoms with van der Waals surface area (Å²) in [6, 6.07) is 0. The molecular weight excluding hydrogens is 143 g/mol. The van der Waals surface area contributed by atoms with Crippen LogP contribution in [0.25, 0.3) is 0 Å². The number of rotatable bonds is 6. The summed E-state index contributed by atoms with van der Waals surface area (Å²) in [6.07, 6.45) is 2.83. The molecule has 0 aliphatic heterocycles. The molecule has 0 saturated carbocycles. The number of methoxy groups -OCH3 is 1. The Balaban J connectivity index is 3.10. The first-order chi connectivity index (χ1) is 5.18. The fourth-order valence-electron chi connectivity index (χ4n) is 0.862. The summed E-state index contributed by atoms with van der Waals surface area (Å²) in [6.45, 7) is 2.59. The van der Waals surface area contributed by atoms with Crippen LogP contribution in [0.2, 0.25) is 5.82 Å². The first kappa shape index (κ1) is 10.9. The van der Waals surface area contributed by atoms with Crippen LogP contribution in [-0.4, -0.2) is 30.9 Å². The van der Waals surface area contributed by atoms with Gasteiger partial charge < -0.3 is 14.8 Å². The predicted octanol–water partition coefficient (Wildman–Crippen LogP) is 0.666. The highest BCUT2D eigenvalue weighted by Gasteiger charge is 2.16. The van der Waals surface area contributed by atoms with Gasteiger partial charge in [-0.25, -0.2) is 0 Å².